The third-order valence-electron chi connectivity index (χ3n) is 4.14. The highest BCUT2D eigenvalue weighted by Gasteiger charge is 2.26. The lowest BCUT2D eigenvalue weighted by Gasteiger charge is -2.22. The van der Waals surface area contributed by atoms with Crippen LogP contribution in [0.15, 0.2) is 29.2 Å². The summed E-state index contributed by atoms with van der Waals surface area (Å²) in [5.74, 6) is 1.67. The maximum absolute atomic E-state index is 12.6. The molecule has 3 nitrogen and oxygen atoms in total. The van der Waals surface area contributed by atoms with Crippen LogP contribution in [0.4, 0.5) is 0 Å². The summed E-state index contributed by atoms with van der Waals surface area (Å²) in [4.78, 5) is 0.932. The van der Waals surface area contributed by atoms with Crippen molar-refractivity contribution in [3.63, 3.8) is 0 Å². The van der Waals surface area contributed by atoms with E-state index in [1.807, 2.05) is 12.1 Å². The summed E-state index contributed by atoms with van der Waals surface area (Å²) < 4.78 is 18.1. The maximum atomic E-state index is 12.6. The number of hydrogen-bond donors (Lipinski definition) is 1. The molecule has 3 unspecified atom stereocenters. The van der Waals surface area contributed by atoms with Crippen LogP contribution in [-0.4, -0.2) is 35.8 Å². The summed E-state index contributed by atoms with van der Waals surface area (Å²) in [5.41, 5.74) is 1.29. The predicted octanol–water partition coefficient (Wildman–Crippen LogP) is 2.93. The Morgan fingerprint density at radius 2 is 2.05 bits per heavy atom. The molecule has 0 aliphatic carbocycles. The predicted molar refractivity (Wildman–Crippen MR) is 88.2 cm³/mol. The zero-order valence-electron chi connectivity index (χ0n) is 13.3. The number of ether oxygens (including phenoxy) is 1. The molecule has 3 atom stereocenters. The van der Waals surface area contributed by atoms with E-state index in [-0.39, 0.29) is 6.04 Å². The largest absolute Gasteiger partial charge is 0.381 e. The number of rotatable bonds is 7. The van der Waals surface area contributed by atoms with Gasteiger partial charge >= 0.3 is 0 Å². The van der Waals surface area contributed by atoms with E-state index in [0.29, 0.717) is 17.6 Å². The summed E-state index contributed by atoms with van der Waals surface area (Å²) in [6, 6.07) is 8.50. The molecule has 1 N–H and O–H groups in total. The third-order valence-corrected chi connectivity index (χ3v) is 5.60. The Hall–Kier alpha value is -0.710. The van der Waals surface area contributed by atoms with Gasteiger partial charge in [0.15, 0.2) is 0 Å². The highest BCUT2D eigenvalue weighted by Crippen LogP contribution is 2.21. The van der Waals surface area contributed by atoms with Crippen molar-refractivity contribution in [1.29, 1.82) is 0 Å². The fourth-order valence-electron chi connectivity index (χ4n) is 2.76. The molecule has 0 saturated carbocycles. The van der Waals surface area contributed by atoms with Crippen LogP contribution in [0.5, 0.6) is 0 Å². The average molecular weight is 309 g/mol. The zero-order chi connectivity index (χ0) is 15.2. The number of hydrogen-bond acceptors (Lipinski definition) is 3. The molecule has 1 heterocycles. The van der Waals surface area contributed by atoms with Gasteiger partial charge in [0.1, 0.15) is 0 Å². The second-order valence-electron chi connectivity index (χ2n) is 6.02. The first-order chi connectivity index (χ1) is 10.1. The molecule has 21 heavy (non-hydrogen) atoms. The van der Waals surface area contributed by atoms with Crippen molar-refractivity contribution in [2.45, 2.75) is 44.0 Å². The van der Waals surface area contributed by atoms with Crippen LogP contribution in [-0.2, 0) is 15.5 Å². The standard InChI is InChI=1S/C17H27NO2S/c1-4-18-17(15-9-10-20-11-15)12-21(19)16-7-5-14(6-8-16)13(2)3/h5-8,13,15,17-18H,4,9-12H2,1-3H3. The van der Waals surface area contributed by atoms with Crippen LogP contribution in [0.3, 0.4) is 0 Å². The monoisotopic (exact) mass is 309 g/mol. The van der Waals surface area contributed by atoms with E-state index in [2.05, 4.69) is 38.2 Å². The maximum Gasteiger partial charge on any atom is 0.0545 e. The van der Waals surface area contributed by atoms with E-state index in [9.17, 15) is 4.21 Å². The first-order valence-electron chi connectivity index (χ1n) is 7.91. The normalized spacial score (nSPS) is 21.6. The molecule has 0 radical (unpaired) electrons. The summed E-state index contributed by atoms with van der Waals surface area (Å²) >= 11 is 0. The summed E-state index contributed by atoms with van der Waals surface area (Å²) in [6.07, 6.45) is 1.07. The molecule has 2 rings (SSSR count). The molecule has 0 aromatic heterocycles. The zero-order valence-corrected chi connectivity index (χ0v) is 14.1. The van der Waals surface area contributed by atoms with Gasteiger partial charge < -0.3 is 10.1 Å². The van der Waals surface area contributed by atoms with Gasteiger partial charge in [-0.1, -0.05) is 32.9 Å². The Kier molecular flexibility index (Phi) is 6.40. The Labute approximate surface area is 130 Å². The highest BCUT2D eigenvalue weighted by molar-refractivity contribution is 7.85. The molecular weight excluding hydrogens is 282 g/mol. The van der Waals surface area contributed by atoms with Crippen molar-refractivity contribution < 1.29 is 8.95 Å². The smallest absolute Gasteiger partial charge is 0.0545 e. The van der Waals surface area contributed by atoms with Crippen LogP contribution in [0, 0.1) is 5.92 Å². The molecule has 1 saturated heterocycles. The Bertz CT molecular complexity index is 452. The van der Waals surface area contributed by atoms with E-state index in [1.54, 1.807) is 0 Å². The molecule has 0 spiro atoms. The van der Waals surface area contributed by atoms with Gasteiger partial charge in [0.2, 0.25) is 0 Å². The first kappa shape index (κ1) is 16.7. The number of nitrogens with one attached hydrogen (secondary N) is 1. The molecule has 0 bridgehead atoms. The molecule has 118 valence electrons. The van der Waals surface area contributed by atoms with E-state index in [1.165, 1.54) is 5.56 Å². The van der Waals surface area contributed by atoms with Gasteiger partial charge in [0, 0.05) is 29.2 Å². The Morgan fingerprint density at radius 3 is 2.57 bits per heavy atom. The fraction of sp³-hybridized carbons (Fsp3) is 0.647. The molecule has 1 aromatic rings. The fourth-order valence-corrected chi connectivity index (χ4v) is 4.11. The van der Waals surface area contributed by atoms with Gasteiger partial charge in [-0.2, -0.15) is 0 Å². The van der Waals surface area contributed by atoms with Gasteiger partial charge in [0.05, 0.1) is 17.4 Å². The van der Waals surface area contributed by atoms with Gasteiger partial charge in [-0.3, -0.25) is 4.21 Å². The van der Waals surface area contributed by atoms with Crippen LogP contribution in [0.25, 0.3) is 0 Å². The van der Waals surface area contributed by atoms with Crippen LogP contribution >= 0.6 is 0 Å². The van der Waals surface area contributed by atoms with Crippen molar-refractivity contribution in [2.24, 2.45) is 5.92 Å². The van der Waals surface area contributed by atoms with Crippen LogP contribution in [0.1, 0.15) is 38.7 Å². The quantitative estimate of drug-likeness (QED) is 0.841. The van der Waals surface area contributed by atoms with Crippen molar-refractivity contribution in [1.82, 2.24) is 5.32 Å². The number of benzene rings is 1. The van der Waals surface area contributed by atoms with Crippen molar-refractivity contribution >= 4 is 10.8 Å². The van der Waals surface area contributed by atoms with Gasteiger partial charge in [-0.25, -0.2) is 0 Å². The molecular formula is C17H27NO2S. The topological polar surface area (TPSA) is 38.3 Å². The Balaban J connectivity index is 2.00. The van der Waals surface area contributed by atoms with Crippen molar-refractivity contribution in [3.8, 4) is 0 Å². The minimum Gasteiger partial charge on any atom is -0.381 e. The molecule has 0 amide bonds. The van der Waals surface area contributed by atoms with E-state index in [0.717, 1.165) is 31.1 Å². The minimum atomic E-state index is -0.951. The van der Waals surface area contributed by atoms with Crippen molar-refractivity contribution in [3.05, 3.63) is 29.8 Å². The molecule has 1 aliphatic heterocycles. The lowest BCUT2D eigenvalue weighted by Crippen LogP contribution is -2.40. The van der Waals surface area contributed by atoms with Gasteiger partial charge in [-0.15, -0.1) is 0 Å². The Morgan fingerprint density at radius 1 is 1.33 bits per heavy atom. The molecule has 1 fully saturated rings. The average Bonchev–Trinajstić information content (AvgIpc) is 3.01. The summed E-state index contributed by atoms with van der Waals surface area (Å²) in [5, 5.41) is 3.48. The van der Waals surface area contributed by atoms with Gasteiger partial charge in [0.25, 0.3) is 0 Å². The lowest BCUT2D eigenvalue weighted by molar-refractivity contribution is 0.179. The van der Waals surface area contributed by atoms with E-state index < -0.39 is 10.8 Å². The highest BCUT2D eigenvalue weighted by atomic mass is 32.2. The third kappa shape index (κ3) is 4.63. The molecule has 1 aromatic carbocycles. The summed E-state index contributed by atoms with van der Waals surface area (Å²) in [6.45, 7) is 8.98. The minimum absolute atomic E-state index is 0.281. The van der Waals surface area contributed by atoms with Crippen LogP contribution in [0.2, 0.25) is 0 Å². The lowest BCUT2D eigenvalue weighted by atomic mass is 10.0. The molecule has 1 aliphatic rings. The van der Waals surface area contributed by atoms with Crippen LogP contribution < -0.4 is 5.32 Å². The SMILES string of the molecule is CCNC(CS(=O)c1ccc(C(C)C)cc1)C1CCOC1. The van der Waals surface area contributed by atoms with E-state index >= 15 is 0 Å². The second-order valence-corrected chi connectivity index (χ2v) is 7.52. The van der Waals surface area contributed by atoms with Gasteiger partial charge in [-0.05, 0) is 36.6 Å². The molecule has 4 heteroatoms. The second kappa shape index (κ2) is 8.06. The summed E-state index contributed by atoms with van der Waals surface area (Å²) in [7, 11) is -0.951. The van der Waals surface area contributed by atoms with Crippen molar-refractivity contribution in [2.75, 3.05) is 25.5 Å². The van der Waals surface area contributed by atoms with E-state index in [4.69, 9.17) is 4.74 Å². The first-order valence-corrected chi connectivity index (χ1v) is 9.23.